The Morgan fingerprint density at radius 3 is 2.55 bits per heavy atom. The molecule has 2 nitrogen and oxygen atoms in total. The number of aryl methyl sites for hydroxylation is 2. The first-order valence-corrected chi connectivity index (χ1v) is 7.41. The van der Waals surface area contributed by atoms with Gasteiger partial charge in [0.2, 0.25) is 0 Å². The second-order valence-corrected chi connectivity index (χ2v) is 5.78. The van der Waals surface area contributed by atoms with Crippen molar-refractivity contribution in [1.29, 1.82) is 0 Å². The molecule has 3 rings (SSSR count). The number of thiazole rings is 1. The topological polar surface area (TPSA) is 38.9 Å². The highest BCUT2D eigenvalue weighted by Crippen LogP contribution is 2.31. The number of nitrogens with zero attached hydrogens (tertiary/aromatic N) is 1. The first kappa shape index (κ1) is 12.9. The molecule has 0 fully saturated rings. The van der Waals surface area contributed by atoms with Gasteiger partial charge in [0.05, 0.1) is 5.69 Å². The van der Waals surface area contributed by atoms with Crippen molar-refractivity contribution < 1.29 is 0 Å². The van der Waals surface area contributed by atoms with E-state index in [-0.39, 0.29) is 0 Å². The van der Waals surface area contributed by atoms with Crippen LogP contribution in [0.25, 0.3) is 21.8 Å². The van der Waals surface area contributed by atoms with Crippen molar-refractivity contribution in [3.63, 3.8) is 0 Å². The Morgan fingerprint density at radius 1 is 1.00 bits per heavy atom. The number of hydrogen-bond donors (Lipinski definition) is 1. The van der Waals surface area contributed by atoms with E-state index in [1.54, 1.807) is 11.3 Å². The molecule has 2 aromatic carbocycles. The normalized spacial score (nSPS) is 10.7. The first-order chi connectivity index (χ1) is 9.65. The quantitative estimate of drug-likeness (QED) is 0.692. The van der Waals surface area contributed by atoms with Crippen LogP contribution in [0, 0.1) is 13.8 Å². The summed E-state index contributed by atoms with van der Waals surface area (Å²) in [7, 11) is 0. The fourth-order valence-corrected chi connectivity index (χ4v) is 3.06. The van der Waals surface area contributed by atoms with Gasteiger partial charge < -0.3 is 5.73 Å². The summed E-state index contributed by atoms with van der Waals surface area (Å²) in [5.41, 5.74) is 12.4. The van der Waals surface area contributed by atoms with E-state index in [9.17, 15) is 0 Å². The van der Waals surface area contributed by atoms with Gasteiger partial charge in [-0.1, -0.05) is 36.4 Å². The highest BCUT2D eigenvalue weighted by Gasteiger charge is 2.09. The Hall–Kier alpha value is -2.13. The predicted molar refractivity (Wildman–Crippen MR) is 86.9 cm³/mol. The zero-order chi connectivity index (χ0) is 14.1. The molecule has 2 N–H and O–H groups in total. The number of nitrogen functional groups attached to an aromatic ring is 1. The Kier molecular flexibility index (Phi) is 3.28. The average Bonchev–Trinajstić information content (AvgIpc) is 2.92. The van der Waals surface area contributed by atoms with Gasteiger partial charge in [-0.15, -0.1) is 11.3 Å². The van der Waals surface area contributed by atoms with E-state index in [0.29, 0.717) is 0 Å². The van der Waals surface area contributed by atoms with Crippen LogP contribution in [0.2, 0.25) is 0 Å². The molecule has 3 heteroatoms. The maximum Gasteiger partial charge on any atom is 0.124 e. The molecule has 0 amide bonds. The van der Waals surface area contributed by atoms with Gasteiger partial charge in [0.15, 0.2) is 0 Å². The Labute approximate surface area is 122 Å². The van der Waals surface area contributed by atoms with Crippen LogP contribution in [-0.4, -0.2) is 4.98 Å². The van der Waals surface area contributed by atoms with Gasteiger partial charge in [0.1, 0.15) is 5.01 Å². The lowest BCUT2D eigenvalue weighted by Gasteiger charge is -2.03. The molecule has 0 unspecified atom stereocenters. The standard InChI is InChI=1S/C17H16N2S/c1-11-5-3-4-6-14(11)17-19-16(10-20-17)13-8-7-12(2)15(18)9-13/h3-10H,18H2,1-2H3. The molecule has 100 valence electrons. The highest BCUT2D eigenvalue weighted by molar-refractivity contribution is 7.13. The van der Waals surface area contributed by atoms with Gasteiger partial charge in [-0.25, -0.2) is 4.98 Å². The minimum Gasteiger partial charge on any atom is -0.398 e. The summed E-state index contributed by atoms with van der Waals surface area (Å²) in [5.74, 6) is 0. The Balaban J connectivity index is 2.02. The van der Waals surface area contributed by atoms with E-state index in [4.69, 9.17) is 10.7 Å². The van der Waals surface area contributed by atoms with Crippen LogP contribution in [-0.2, 0) is 0 Å². The molecule has 20 heavy (non-hydrogen) atoms. The summed E-state index contributed by atoms with van der Waals surface area (Å²) in [6.07, 6.45) is 0. The molecule has 0 spiro atoms. The van der Waals surface area contributed by atoms with Crippen molar-refractivity contribution in [2.75, 3.05) is 5.73 Å². The molecule has 0 saturated heterocycles. The predicted octanol–water partition coefficient (Wildman–Crippen LogP) is 4.68. The van der Waals surface area contributed by atoms with Crippen LogP contribution in [0.4, 0.5) is 5.69 Å². The van der Waals surface area contributed by atoms with E-state index < -0.39 is 0 Å². The van der Waals surface area contributed by atoms with Crippen LogP contribution in [0.3, 0.4) is 0 Å². The fraction of sp³-hybridized carbons (Fsp3) is 0.118. The number of aromatic nitrogens is 1. The lowest BCUT2D eigenvalue weighted by molar-refractivity contribution is 1.37. The van der Waals surface area contributed by atoms with Gasteiger partial charge in [-0.3, -0.25) is 0 Å². The lowest BCUT2D eigenvalue weighted by Crippen LogP contribution is -1.90. The summed E-state index contributed by atoms with van der Waals surface area (Å²) >= 11 is 1.67. The third kappa shape index (κ3) is 2.32. The summed E-state index contributed by atoms with van der Waals surface area (Å²) in [5, 5.41) is 3.14. The third-order valence-corrected chi connectivity index (χ3v) is 4.33. The summed E-state index contributed by atoms with van der Waals surface area (Å²) in [6.45, 7) is 4.12. The lowest BCUT2D eigenvalue weighted by atomic mass is 10.1. The Bertz CT molecular complexity index is 759. The van der Waals surface area contributed by atoms with Gasteiger partial charge in [-0.2, -0.15) is 0 Å². The number of nitrogens with two attached hydrogens (primary N) is 1. The van der Waals surface area contributed by atoms with Gasteiger partial charge in [0, 0.05) is 22.2 Å². The van der Waals surface area contributed by atoms with Crippen LogP contribution in [0.15, 0.2) is 47.8 Å². The van der Waals surface area contributed by atoms with Crippen LogP contribution in [0.1, 0.15) is 11.1 Å². The molecule has 0 aliphatic rings. The zero-order valence-corrected chi connectivity index (χ0v) is 12.4. The van der Waals surface area contributed by atoms with Crippen molar-refractivity contribution in [1.82, 2.24) is 4.98 Å². The minimum absolute atomic E-state index is 0.813. The summed E-state index contributed by atoms with van der Waals surface area (Å²) in [6, 6.07) is 14.4. The van der Waals surface area contributed by atoms with Crippen LogP contribution < -0.4 is 5.73 Å². The summed E-state index contributed by atoms with van der Waals surface area (Å²) < 4.78 is 0. The van der Waals surface area contributed by atoms with Crippen molar-refractivity contribution in [3.05, 3.63) is 59.0 Å². The Morgan fingerprint density at radius 2 is 1.80 bits per heavy atom. The number of rotatable bonds is 2. The maximum absolute atomic E-state index is 5.98. The summed E-state index contributed by atoms with van der Waals surface area (Å²) in [4.78, 5) is 4.75. The molecule has 1 aromatic heterocycles. The highest BCUT2D eigenvalue weighted by atomic mass is 32.1. The van der Waals surface area contributed by atoms with Gasteiger partial charge in [0.25, 0.3) is 0 Å². The van der Waals surface area contributed by atoms with E-state index in [1.807, 2.05) is 31.2 Å². The first-order valence-electron chi connectivity index (χ1n) is 6.53. The second kappa shape index (κ2) is 5.10. The molecule has 0 saturated carbocycles. The van der Waals surface area contributed by atoms with Crippen molar-refractivity contribution in [2.45, 2.75) is 13.8 Å². The molecule has 1 heterocycles. The largest absolute Gasteiger partial charge is 0.398 e. The SMILES string of the molecule is Cc1ccc(-c2csc(-c3ccccc3C)n2)cc1N. The van der Waals surface area contributed by atoms with Crippen molar-refractivity contribution in [2.24, 2.45) is 0 Å². The molecule has 0 atom stereocenters. The van der Waals surface area contributed by atoms with Gasteiger partial charge >= 0.3 is 0 Å². The van der Waals surface area contributed by atoms with E-state index in [2.05, 4.69) is 30.5 Å². The number of hydrogen-bond acceptors (Lipinski definition) is 3. The smallest absolute Gasteiger partial charge is 0.124 e. The minimum atomic E-state index is 0.813. The van der Waals surface area contributed by atoms with Crippen molar-refractivity contribution >= 4 is 17.0 Å². The molecular formula is C17H16N2S. The van der Waals surface area contributed by atoms with Crippen LogP contribution in [0.5, 0.6) is 0 Å². The molecule has 0 radical (unpaired) electrons. The van der Waals surface area contributed by atoms with E-state index in [0.717, 1.165) is 27.5 Å². The second-order valence-electron chi connectivity index (χ2n) is 4.92. The maximum atomic E-state index is 5.98. The number of anilines is 1. The molecule has 0 aliphatic heterocycles. The van der Waals surface area contributed by atoms with E-state index in [1.165, 1.54) is 11.1 Å². The average molecular weight is 280 g/mol. The molecule has 0 bridgehead atoms. The number of benzene rings is 2. The van der Waals surface area contributed by atoms with E-state index >= 15 is 0 Å². The molecule has 3 aromatic rings. The zero-order valence-electron chi connectivity index (χ0n) is 11.6. The van der Waals surface area contributed by atoms with Crippen molar-refractivity contribution in [3.8, 4) is 21.8 Å². The molecular weight excluding hydrogens is 264 g/mol. The van der Waals surface area contributed by atoms with Crippen LogP contribution >= 0.6 is 11.3 Å². The molecule has 0 aliphatic carbocycles. The fourth-order valence-electron chi connectivity index (χ4n) is 2.14. The monoisotopic (exact) mass is 280 g/mol. The van der Waals surface area contributed by atoms with Gasteiger partial charge in [-0.05, 0) is 31.0 Å². The third-order valence-electron chi connectivity index (χ3n) is 3.45.